The van der Waals surface area contributed by atoms with E-state index in [1.807, 2.05) is 6.92 Å². The third-order valence-corrected chi connectivity index (χ3v) is 2.75. The van der Waals surface area contributed by atoms with Gasteiger partial charge in [0, 0.05) is 18.8 Å². The Hall–Kier alpha value is -1.75. The van der Waals surface area contributed by atoms with Crippen LogP contribution in [0.4, 0.5) is 5.69 Å². The number of nitrogens with two attached hydrogens (primary N) is 1. The van der Waals surface area contributed by atoms with E-state index in [0.29, 0.717) is 12.2 Å². The summed E-state index contributed by atoms with van der Waals surface area (Å²) in [5, 5.41) is 20.9. The van der Waals surface area contributed by atoms with Gasteiger partial charge < -0.3 is 21.3 Å². The van der Waals surface area contributed by atoms with Crippen LogP contribution in [0, 0.1) is 5.92 Å². The molecule has 0 aliphatic carbocycles. The zero-order valence-corrected chi connectivity index (χ0v) is 10.5. The lowest BCUT2D eigenvalue weighted by molar-refractivity contribution is 0.0952. The number of hydrogen-bond acceptors (Lipinski definition) is 4. The molecule has 0 fully saturated rings. The maximum atomic E-state index is 11.8. The third kappa shape index (κ3) is 4.25. The fraction of sp³-hybridized carbons (Fsp3) is 0.462. The van der Waals surface area contributed by atoms with Crippen molar-refractivity contribution in [2.24, 2.45) is 5.92 Å². The predicted molar refractivity (Wildman–Crippen MR) is 70.3 cm³/mol. The molecule has 5 heteroatoms. The predicted octanol–water partition coefficient (Wildman–Crippen LogP) is 1.11. The first-order valence-electron chi connectivity index (χ1n) is 6.02. The second-order valence-corrected chi connectivity index (χ2v) is 4.46. The minimum absolute atomic E-state index is 0.0169. The van der Waals surface area contributed by atoms with E-state index >= 15 is 0 Å². The van der Waals surface area contributed by atoms with Crippen LogP contribution in [0.2, 0.25) is 0 Å². The molecule has 1 amide bonds. The number of nitrogens with one attached hydrogen (secondary N) is 1. The van der Waals surface area contributed by atoms with Gasteiger partial charge in [0.2, 0.25) is 0 Å². The fourth-order valence-electron chi connectivity index (χ4n) is 1.58. The minimum Gasteiger partial charge on any atom is -0.508 e. The summed E-state index contributed by atoms with van der Waals surface area (Å²) in [5.41, 5.74) is 6.28. The summed E-state index contributed by atoms with van der Waals surface area (Å²) in [5.74, 6) is -0.0314. The molecule has 0 saturated carbocycles. The van der Waals surface area contributed by atoms with Crippen LogP contribution in [-0.4, -0.2) is 29.3 Å². The summed E-state index contributed by atoms with van der Waals surface area (Å²) in [4.78, 5) is 11.8. The molecule has 1 aromatic carbocycles. The number of carbonyl (C=O) groups is 1. The van der Waals surface area contributed by atoms with E-state index in [1.165, 1.54) is 18.2 Å². The molecule has 0 heterocycles. The lowest BCUT2D eigenvalue weighted by Crippen LogP contribution is -2.25. The molecule has 18 heavy (non-hydrogen) atoms. The highest BCUT2D eigenvalue weighted by Crippen LogP contribution is 2.18. The van der Waals surface area contributed by atoms with Gasteiger partial charge in [0.25, 0.3) is 5.91 Å². The largest absolute Gasteiger partial charge is 0.508 e. The van der Waals surface area contributed by atoms with Crippen LogP contribution in [0.3, 0.4) is 0 Å². The lowest BCUT2D eigenvalue weighted by atomic mass is 10.1. The Labute approximate surface area is 107 Å². The molecule has 1 atom stereocenters. The van der Waals surface area contributed by atoms with Gasteiger partial charge in [0.05, 0.1) is 5.56 Å². The number of aliphatic hydroxyl groups excluding tert-OH is 1. The van der Waals surface area contributed by atoms with E-state index < -0.39 is 0 Å². The van der Waals surface area contributed by atoms with Gasteiger partial charge in [0.15, 0.2) is 0 Å². The Bertz CT molecular complexity index is 407. The number of carbonyl (C=O) groups excluding carboxylic acids is 1. The van der Waals surface area contributed by atoms with Crippen molar-refractivity contribution in [1.82, 2.24) is 5.32 Å². The van der Waals surface area contributed by atoms with Gasteiger partial charge in [-0.05, 0) is 37.0 Å². The molecule has 0 aromatic heterocycles. The highest BCUT2D eigenvalue weighted by atomic mass is 16.3. The summed E-state index contributed by atoms with van der Waals surface area (Å²) >= 11 is 0. The monoisotopic (exact) mass is 252 g/mol. The average Bonchev–Trinajstić information content (AvgIpc) is 2.36. The van der Waals surface area contributed by atoms with Crippen LogP contribution in [0.25, 0.3) is 0 Å². The number of hydrogen-bond donors (Lipinski definition) is 4. The maximum absolute atomic E-state index is 11.8. The van der Waals surface area contributed by atoms with Crippen molar-refractivity contribution in [3.05, 3.63) is 23.8 Å². The normalized spacial score (nSPS) is 12.1. The van der Waals surface area contributed by atoms with Gasteiger partial charge in [-0.2, -0.15) is 0 Å². The molecular weight excluding hydrogens is 232 g/mol. The van der Waals surface area contributed by atoms with Crippen LogP contribution < -0.4 is 11.1 Å². The first-order valence-corrected chi connectivity index (χ1v) is 6.02. The molecule has 0 saturated heterocycles. The number of amides is 1. The Morgan fingerprint density at radius 3 is 2.89 bits per heavy atom. The molecule has 1 aromatic rings. The topological polar surface area (TPSA) is 95.6 Å². The molecule has 0 radical (unpaired) electrons. The number of anilines is 1. The van der Waals surface area contributed by atoms with Crippen LogP contribution in [0.1, 0.15) is 30.1 Å². The summed E-state index contributed by atoms with van der Waals surface area (Å²) in [7, 11) is 0. The van der Waals surface area contributed by atoms with Gasteiger partial charge in [-0.15, -0.1) is 0 Å². The molecule has 0 bridgehead atoms. The van der Waals surface area contributed by atoms with Crippen molar-refractivity contribution in [1.29, 1.82) is 0 Å². The zero-order valence-electron chi connectivity index (χ0n) is 10.5. The Morgan fingerprint density at radius 1 is 1.50 bits per heavy atom. The van der Waals surface area contributed by atoms with Crippen LogP contribution in [0.5, 0.6) is 5.75 Å². The van der Waals surface area contributed by atoms with Gasteiger partial charge in [-0.3, -0.25) is 4.79 Å². The van der Waals surface area contributed by atoms with Crippen molar-refractivity contribution >= 4 is 11.6 Å². The summed E-state index contributed by atoms with van der Waals surface area (Å²) in [6, 6.07) is 4.29. The van der Waals surface area contributed by atoms with Crippen LogP contribution in [0.15, 0.2) is 18.2 Å². The van der Waals surface area contributed by atoms with E-state index in [9.17, 15) is 9.90 Å². The highest BCUT2D eigenvalue weighted by molar-refractivity contribution is 5.99. The molecule has 5 nitrogen and oxygen atoms in total. The van der Waals surface area contributed by atoms with Gasteiger partial charge in [-0.1, -0.05) is 6.92 Å². The maximum Gasteiger partial charge on any atom is 0.253 e. The van der Waals surface area contributed by atoms with Crippen molar-refractivity contribution in [3.8, 4) is 5.75 Å². The molecule has 0 aliphatic rings. The molecule has 1 unspecified atom stereocenters. The van der Waals surface area contributed by atoms with Crippen LogP contribution in [-0.2, 0) is 0 Å². The van der Waals surface area contributed by atoms with E-state index in [-0.39, 0.29) is 29.7 Å². The molecule has 5 N–H and O–H groups in total. The number of benzene rings is 1. The van der Waals surface area contributed by atoms with Gasteiger partial charge in [-0.25, -0.2) is 0 Å². The number of aromatic hydroxyl groups is 1. The second-order valence-electron chi connectivity index (χ2n) is 4.46. The molecule has 100 valence electrons. The lowest BCUT2D eigenvalue weighted by Gasteiger charge is -2.09. The third-order valence-electron chi connectivity index (χ3n) is 2.75. The number of phenolic OH excluding ortho intramolecular Hbond substituents is 1. The van der Waals surface area contributed by atoms with Gasteiger partial charge in [0.1, 0.15) is 5.75 Å². The van der Waals surface area contributed by atoms with Crippen molar-refractivity contribution in [3.63, 3.8) is 0 Å². The SMILES string of the molecule is CC(CO)CCCNC(=O)c1cc(O)ccc1N. The Kier molecular flexibility index (Phi) is 5.45. The smallest absolute Gasteiger partial charge is 0.253 e. The minimum atomic E-state index is -0.292. The van der Waals surface area contributed by atoms with Crippen molar-refractivity contribution in [2.75, 3.05) is 18.9 Å². The average molecular weight is 252 g/mol. The second kappa shape index (κ2) is 6.86. The van der Waals surface area contributed by atoms with E-state index in [1.54, 1.807) is 0 Å². The van der Waals surface area contributed by atoms with Crippen molar-refractivity contribution in [2.45, 2.75) is 19.8 Å². The molecule has 1 rings (SSSR count). The summed E-state index contributed by atoms with van der Waals surface area (Å²) in [6.45, 7) is 2.64. The standard InChI is InChI=1S/C13H20N2O3/c1-9(8-16)3-2-6-15-13(18)11-7-10(17)4-5-12(11)14/h4-5,7,9,16-17H,2-3,6,8,14H2,1H3,(H,15,18). The number of rotatable bonds is 6. The highest BCUT2D eigenvalue weighted by Gasteiger charge is 2.10. The zero-order chi connectivity index (χ0) is 13.5. The number of nitrogen functional groups attached to an aromatic ring is 1. The number of phenols is 1. The first kappa shape index (κ1) is 14.3. The number of aliphatic hydroxyl groups is 1. The fourth-order valence-corrected chi connectivity index (χ4v) is 1.58. The van der Waals surface area contributed by atoms with Gasteiger partial charge >= 0.3 is 0 Å². The summed E-state index contributed by atoms with van der Waals surface area (Å²) in [6.07, 6.45) is 1.65. The Morgan fingerprint density at radius 2 is 2.22 bits per heavy atom. The van der Waals surface area contributed by atoms with E-state index in [2.05, 4.69) is 5.32 Å². The summed E-state index contributed by atoms with van der Waals surface area (Å²) < 4.78 is 0. The van der Waals surface area contributed by atoms with Crippen LogP contribution >= 0.6 is 0 Å². The van der Waals surface area contributed by atoms with E-state index in [0.717, 1.165) is 12.8 Å². The van der Waals surface area contributed by atoms with E-state index in [4.69, 9.17) is 10.8 Å². The molecule has 0 spiro atoms. The quantitative estimate of drug-likeness (QED) is 0.346. The first-order chi connectivity index (χ1) is 8.54. The van der Waals surface area contributed by atoms with Crippen molar-refractivity contribution < 1.29 is 15.0 Å². The Balaban J connectivity index is 2.43. The molecule has 0 aliphatic heterocycles. The molecular formula is C13H20N2O3.